The van der Waals surface area contributed by atoms with Crippen molar-refractivity contribution >= 4 is 6.03 Å². The summed E-state index contributed by atoms with van der Waals surface area (Å²) in [6.07, 6.45) is 8.95. The minimum atomic E-state index is 0.190. The van der Waals surface area contributed by atoms with E-state index in [4.69, 9.17) is 0 Å². The summed E-state index contributed by atoms with van der Waals surface area (Å²) in [5, 5.41) is 3.30. The van der Waals surface area contributed by atoms with Gasteiger partial charge in [0.05, 0.1) is 0 Å². The van der Waals surface area contributed by atoms with Crippen molar-refractivity contribution in [2.24, 2.45) is 5.92 Å². The molecular formula is C19H36N4O. The topological polar surface area (TPSA) is 38.8 Å². The lowest BCUT2D eigenvalue weighted by Gasteiger charge is -2.37. The van der Waals surface area contributed by atoms with Gasteiger partial charge in [-0.25, -0.2) is 4.79 Å². The molecule has 5 nitrogen and oxygen atoms in total. The lowest BCUT2D eigenvalue weighted by molar-refractivity contribution is 0.132. The van der Waals surface area contributed by atoms with E-state index >= 15 is 0 Å². The van der Waals surface area contributed by atoms with Crippen molar-refractivity contribution in [3.8, 4) is 0 Å². The zero-order chi connectivity index (χ0) is 16.9. The van der Waals surface area contributed by atoms with Crippen LogP contribution in [-0.2, 0) is 0 Å². The summed E-state index contributed by atoms with van der Waals surface area (Å²) in [5.74, 6) is 0.769. The van der Waals surface area contributed by atoms with Gasteiger partial charge in [-0.05, 0) is 45.6 Å². The maximum atomic E-state index is 12.9. The Kier molecular flexibility index (Phi) is 6.39. The minimum absolute atomic E-state index is 0.190. The molecule has 5 heteroatoms. The third-order valence-corrected chi connectivity index (χ3v) is 5.93. The highest BCUT2D eigenvalue weighted by Crippen LogP contribution is 2.32. The Labute approximate surface area is 147 Å². The SMILES string of the molecule is CC(CN1CCN(C)CC1)NC(=O)N(CC1CC1)C1CCCCC1. The van der Waals surface area contributed by atoms with Gasteiger partial charge in [0.1, 0.15) is 0 Å². The van der Waals surface area contributed by atoms with Crippen LogP contribution in [0.1, 0.15) is 51.9 Å². The predicted molar refractivity (Wildman–Crippen MR) is 98.2 cm³/mol. The number of hydrogen-bond acceptors (Lipinski definition) is 3. The number of carbonyl (C=O) groups excluding carboxylic acids is 1. The quantitative estimate of drug-likeness (QED) is 0.809. The number of nitrogens with zero attached hydrogens (tertiary/aromatic N) is 3. The van der Waals surface area contributed by atoms with E-state index in [1.165, 1.54) is 44.9 Å². The van der Waals surface area contributed by atoms with Gasteiger partial charge in [-0.2, -0.15) is 0 Å². The van der Waals surface area contributed by atoms with Gasteiger partial charge in [-0.1, -0.05) is 19.3 Å². The molecule has 2 saturated carbocycles. The van der Waals surface area contributed by atoms with E-state index in [9.17, 15) is 4.79 Å². The number of carbonyl (C=O) groups is 1. The number of urea groups is 1. The van der Waals surface area contributed by atoms with Crippen LogP contribution in [0, 0.1) is 5.92 Å². The zero-order valence-electron chi connectivity index (χ0n) is 15.7. The fraction of sp³-hybridized carbons (Fsp3) is 0.947. The van der Waals surface area contributed by atoms with Crippen LogP contribution in [0.4, 0.5) is 4.79 Å². The third kappa shape index (κ3) is 5.35. The molecule has 1 unspecified atom stereocenters. The molecule has 1 aliphatic heterocycles. The van der Waals surface area contributed by atoms with Crippen molar-refractivity contribution in [2.75, 3.05) is 46.3 Å². The van der Waals surface area contributed by atoms with Crippen LogP contribution in [0.25, 0.3) is 0 Å². The van der Waals surface area contributed by atoms with Gasteiger partial charge in [0.2, 0.25) is 0 Å². The number of likely N-dealkylation sites (N-methyl/N-ethyl adjacent to an activating group) is 1. The van der Waals surface area contributed by atoms with Crippen molar-refractivity contribution in [3.05, 3.63) is 0 Å². The number of rotatable bonds is 6. The van der Waals surface area contributed by atoms with Crippen molar-refractivity contribution in [3.63, 3.8) is 0 Å². The molecule has 3 aliphatic rings. The first-order valence-electron chi connectivity index (χ1n) is 10.1. The highest BCUT2D eigenvalue weighted by Gasteiger charge is 2.32. The summed E-state index contributed by atoms with van der Waals surface area (Å²) in [5.41, 5.74) is 0. The molecule has 2 amide bonds. The second kappa shape index (κ2) is 8.52. The van der Waals surface area contributed by atoms with Crippen molar-refractivity contribution in [1.82, 2.24) is 20.0 Å². The molecule has 24 heavy (non-hydrogen) atoms. The summed E-state index contributed by atoms with van der Waals surface area (Å²) >= 11 is 0. The van der Waals surface area contributed by atoms with Crippen LogP contribution >= 0.6 is 0 Å². The van der Waals surface area contributed by atoms with Gasteiger partial charge >= 0.3 is 6.03 Å². The van der Waals surface area contributed by atoms with E-state index in [1.54, 1.807) is 0 Å². The van der Waals surface area contributed by atoms with E-state index in [2.05, 4.69) is 34.0 Å². The fourth-order valence-electron chi connectivity index (χ4n) is 4.13. The normalized spacial score (nSPS) is 25.4. The molecule has 0 aromatic rings. The van der Waals surface area contributed by atoms with Crippen molar-refractivity contribution in [1.29, 1.82) is 0 Å². The molecule has 0 spiro atoms. The second-order valence-electron chi connectivity index (χ2n) is 8.34. The Bertz CT molecular complexity index is 398. The maximum absolute atomic E-state index is 12.9. The van der Waals surface area contributed by atoms with E-state index < -0.39 is 0 Å². The average Bonchev–Trinajstić information content (AvgIpc) is 3.39. The summed E-state index contributed by atoms with van der Waals surface area (Å²) in [4.78, 5) is 19.9. The highest BCUT2D eigenvalue weighted by atomic mass is 16.2. The molecule has 1 atom stereocenters. The summed E-state index contributed by atoms with van der Waals surface area (Å²) in [6.45, 7) is 8.62. The lowest BCUT2D eigenvalue weighted by atomic mass is 9.94. The van der Waals surface area contributed by atoms with E-state index in [0.717, 1.165) is 45.2 Å². The molecule has 0 radical (unpaired) electrons. The third-order valence-electron chi connectivity index (χ3n) is 5.93. The van der Waals surface area contributed by atoms with Crippen LogP contribution in [-0.4, -0.2) is 79.1 Å². The van der Waals surface area contributed by atoms with E-state index in [1.807, 2.05) is 0 Å². The summed E-state index contributed by atoms with van der Waals surface area (Å²) in [6, 6.07) is 0.900. The predicted octanol–water partition coefficient (Wildman–Crippen LogP) is 2.38. The van der Waals surface area contributed by atoms with Crippen LogP contribution in [0.3, 0.4) is 0 Å². The maximum Gasteiger partial charge on any atom is 0.317 e. The zero-order valence-corrected chi connectivity index (χ0v) is 15.7. The van der Waals surface area contributed by atoms with Crippen LogP contribution in [0.15, 0.2) is 0 Å². The molecule has 1 saturated heterocycles. The van der Waals surface area contributed by atoms with Gasteiger partial charge in [0, 0.05) is 51.4 Å². The van der Waals surface area contributed by atoms with E-state index in [0.29, 0.717) is 6.04 Å². The monoisotopic (exact) mass is 336 g/mol. The summed E-state index contributed by atoms with van der Waals surface area (Å²) in [7, 11) is 2.18. The molecule has 2 aliphatic carbocycles. The molecule has 0 aromatic heterocycles. The number of piperazine rings is 1. The summed E-state index contributed by atoms with van der Waals surface area (Å²) < 4.78 is 0. The lowest BCUT2D eigenvalue weighted by Crippen LogP contribution is -2.54. The largest absolute Gasteiger partial charge is 0.334 e. The molecule has 138 valence electrons. The Morgan fingerprint density at radius 3 is 2.38 bits per heavy atom. The molecule has 0 aromatic carbocycles. The molecule has 3 rings (SSSR count). The Balaban J connectivity index is 1.48. The van der Waals surface area contributed by atoms with Gasteiger partial charge in [0.15, 0.2) is 0 Å². The smallest absolute Gasteiger partial charge is 0.317 e. The first kappa shape index (κ1) is 18.0. The first-order chi connectivity index (χ1) is 11.6. The highest BCUT2D eigenvalue weighted by molar-refractivity contribution is 5.75. The number of hydrogen-bond donors (Lipinski definition) is 1. The standard InChI is InChI=1S/C19H36N4O/c1-16(14-22-12-10-21(2)11-13-22)20-19(24)23(15-17-8-9-17)18-6-4-3-5-7-18/h16-18H,3-15H2,1-2H3,(H,20,24). The Morgan fingerprint density at radius 1 is 1.08 bits per heavy atom. The van der Waals surface area contributed by atoms with Crippen LogP contribution in [0.2, 0.25) is 0 Å². The minimum Gasteiger partial charge on any atom is -0.334 e. The van der Waals surface area contributed by atoms with Gasteiger partial charge < -0.3 is 15.1 Å². The van der Waals surface area contributed by atoms with Gasteiger partial charge in [-0.3, -0.25) is 4.90 Å². The molecule has 3 fully saturated rings. The van der Waals surface area contributed by atoms with Gasteiger partial charge in [-0.15, -0.1) is 0 Å². The molecule has 1 N–H and O–H groups in total. The van der Waals surface area contributed by atoms with Crippen LogP contribution < -0.4 is 5.32 Å². The molecular weight excluding hydrogens is 300 g/mol. The number of amides is 2. The average molecular weight is 337 g/mol. The van der Waals surface area contributed by atoms with Gasteiger partial charge in [0.25, 0.3) is 0 Å². The van der Waals surface area contributed by atoms with Crippen molar-refractivity contribution in [2.45, 2.75) is 64.0 Å². The number of nitrogens with one attached hydrogen (secondary N) is 1. The Hall–Kier alpha value is -0.810. The fourth-order valence-corrected chi connectivity index (χ4v) is 4.13. The first-order valence-corrected chi connectivity index (χ1v) is 10.1. The molecule has 0 bridgehead atoms. The van der Waals surface area contributed by atoms with E-state index in [-0.39, 0.29) is 12.1 Å². The second-order valence-corrected chi connectivity index (χ2v) is 8.34. The van der Waals surface area contributed by atoms with Crippen LogP contribution in [0.5, 0.6) is 0 Å². The molecule has 1 heterocycles. The Morgan fingerprint density at radius 2 is 1.75 bits per heavy atom. The van der Waals surface area contributed by atoms with Crippen molar-refractivity contribution < 1.29 is 4.79 Å².